The van der Waals surface area contributed by atoms with Crippen molar-refractivity contribution in [2.45, 2.75) is 0 Å². The Bertz CT molecular complexity index is 500. The average Bonchev–Trinajstić information content (AvgIpc) is 3.03. The van der Waals surface area contributed by atoms with E-state index >= 15 is 0 Å². The maximum Gasteiger partial charge on any atom is 0.137 e. The average molecular weight is 229 g/mol. The third-order valence-electron chi connectivity index (χ3n) is 2.49. The maximum atomic E-state index is 4.45. The van der Waals surface area contributed by atoms with E-state index in [0.717, 1.165) is 28.7 Å². The molecule has 3 nitrogen and oxygen atoms in total. The summed E-state index contributed by atoms with van der Waals surface area (Å²) >= 11 is 1.83. The molecule has 0 amide bonds. The smallest absolute Gasteiger partial charge is 0.137 e. The molecule has 4 heteroatoms. The van der Waals surface area contributed by atoms with Crippen LogP contribution in [-0.4, -0.2) is 27.3 Å². The molecule has 16 heavy (non-hydrogen) atoms. The van der Waals surface area contributed by atoms with E-state index in [1.165, 1.54) is 5.56 Å². The van der Waals surface area contributed by atoms with Gasteiger partial charge in [0.25, 0.3) is 0 Å². The summed E-state index contributed by atoms with van der Waals surface area (Å²) in [4.78, 5) is 11.8. The molecule has 2 aromatic rings. The SMILES string of the molecule is c1c[nH]c(-c2ccc(C3=NCCS3)cc2)n1. The number of benzene rings is 1. The van der Waals surface area contributed by atoms with Crippen LogP contribution in [0.1, 0.15) is 5.56 Å². The fraction of sp³-hybridized carbons (Fsp3) is 0.167. The van der Waals surface area contributed by atoms with Gasteiger partial charge in [-0.25, -0.2) is 4.98 Å². The fourth-order valence-electron chi connectivity index (χ4n) is 1.70. The topological polar surface area (TPSA) is 41.0 Å². The lowest BCUT2D eigenvalue weighted by Gasteiger charge is -2.01. The van der Waals surface area contributed by atoms with Crippen molar-refractivity contribution >= 4 is 16.8 Å². The summed E-state index contributed by atoms with van der Waals surface area (Å²) in [7, 11) is 0. The summed E-state index contributed by atoms with van der Waals surface area (Å²) < 4.78 is 0. The van der Waals surface area contributed by atoms with Gasteiger partial charge in [0.1, 0.15) is 5.82 Å². The number of imidazole rings is 1. The molecule has 0 radical (unpaired) electrons. The summed E-state index contributed by atoms with van der Waals surface area (Å²) in [5.41, 5.74) is 2.31. The lowest BCUT2D eigenvalue weighted by molar-refractivity contribution is 1.17. The number of aromatic amines is 1. The first kappa shape index (κ1) is 9.66. The lowest BCUT2D eigenvalue weighted by Crippen LogP contribution is -1.91. The minimum absolute atomic E-state index is 0.910. The van der Waals surface area contributed by atoms with Crippen molar-refractivity contribution in [3.63, 3.8) is 0 Å². The first-order valence-electron chi connectivity index (χ1n) is 5.21. The molecule has 1 aliphatic rings. The van der Waals surface area contributed by atoms with Crippen LogP contribution in [0.2, 0.25) is 0 Å². The highest BCUT2D eigenvalue weighted by atomic mass is 32.2. The van der Waals surface area contributed by atoms with Crippen molar-refractivity contribution in [3.05, 3.63) is 42.2 Å². The van der Waals surface area contributed by atoms with Gasteiger partial charge >= 0.3 is 0 Å². The number of rotatable bonds is 2. The Kier molecular flexibility index (Phi) is 2.50. The molecule has 2 heterocycles. The molecule has 0 fully saturated rings. The van der Waals surface area contributed by atoms with Crippen LogP contribution >= 0.6 is 11.8 Å². The van der Waals surface area contributed by atoms with Gasteiger partial charge in [0.2, 0.25) is 0 Å². The molecule has 0 atom stereocenters. The Morgan fingerprint density at radius 1 is 1.12 bits per heavy atom. The van der Waals surface area contributed by atoms with Crippen molar-refractivity contribution in [2.75, 3.05) is 12.3 Å². The predicted molar refractivity (Wildman–Crippen MR) is 67.9 cm³/mol. The predicted octanol–water partition coefficient (Wildman–Crippen LogP) is 2.57. The minimum atomic E-state index is 0.910. The molecule has 1 aromatic carbocycles. The fourth-order valence-corrected chi connectivity index (χ4v) is 2.56. The molecule has 0 saturated heterocycles. The highest BCUT2D eigenvalue weighted by Gasteiger charge is 2.09. The molecule has 1 N–H and O–H groups in total. The summed E-state index contributed by atoms with van der Waals surface area (Å²) in [6.45, 7) is 0.944. The molecule has 80 valence electrons. The first-order valence-corrected chi connectivity index (χ1v) is 6.19. The Balaban J connectivity index is 1.90. The van der Waals surface area contributed by atoms with E-state index in [4.69, 9.17) is 0 Å². The molecule has 0 bridgehead atoms. The van der Waals surface area contributed by atoms with E-state index in [1.807, 2.05) is 18.0 Å². The summed E-state index contributed by atoms with van der Waals surface area (Å²) in [6.07, 6.45) is 3.60. The van der Waals surface area contributed by atoms with Gasteiger partial charge in [-0.2, -0.15) is 0 Å². The van der Waals surface area contributed by atoms with Crippen LogP contribution in [-0.2, 0) is 0 Å². The summed E-state index contributed by atoms with van der Waals surface area (Å²) in [5, 5.41) is 1.16. The van der Waals surface area contributed by atoms with Crippen LogP contribution in [0.25, 0.3) is 11.4 Å². The number of H-pyrrole nitrogens is 1. The third kappa shape index (κ3) is 1.76. The molecule has 0 spiro atoms. The Hall–Kier alpha value is -1.55. The van der Waals surface area contributed by atoms with Gasteiger partial charge in [-0.3, -0.25) is 4.99 Å². The van der Waals surface area contributed by atoms with Gasteiger partial charge in [-0.05, 0) is 0 Å². The first-order chi connectivity index (χ1) is 7.93. The number of hydrogen-bond acceptors (Lipinski definition) is 3. The largest absolute Gasteiger partial charge is 0.345 e. The van der Waals surface area contributed by atoms with E-state index in [0.29, 0.717) is 0 Å². The second-order valence-corrected chi connectivity index (χ2v) is 4.63. The number of thioether (sulfide) groups is 1. The van der Waals surface area contributed by atoms with Crippen molar-refractivity contribution in [2.24, 2.45) is 4.99 Å². The minimum Gasteiger partial charge on any atom is -0.345 e. The van der Waals surface area contributed by atoms with Gasteiger partial charge in [0.05, 0.1) is 5.04 Å². The monoisotopic (exact) mass is 229 g/mol. The van der Waals surface area contributed by atoms with Crippen LogP contribution in [0.4, 0.5) is 0 Å². The number of nitrogens with zero attached hydrogens (tertiary/aromatic N) is 2. The number of nitrogens with one attached hydrogen (secondary N) is 1. The van der Waals surface area contributed by atoms with Crippen molar-refractivity contribution in [1.82, 2.24) is 9.97 Å². The van der Waals surface area contributed by atoms with E-state index in [9.17, 15) is 0 Å². The normalized spacial score (nSPS) is 15.1. The zero-order valence-corrected chi connectivity index (χ0v) is 9.50. The second kappa shape index (κ2) is 4.14. The van der Waals surface area contributed by atoms with Gasteiger partial charge in [-0.1, -0.05) is 24.3 Å². The van der Waals surface area contributed by atoms with E-state index in [2.05, 4.69) is 39.2 Å². The van der Waals surface area contributed by atoms with Crippen molar-refractivity contribution in [1.29, 1.82) is 0 Å². The quantitative estimate of drug-likeness (QED) is 0.859. The molecule has 3 rings (SSSR count). The standard InChI is InChI=1S/C12H11N3S/c1-3-10(12-15-7-8-16-12)4-2-9(1)11-13-5-6-14-11/h1-6H,7-8H2,(H,13,14). The molecule has 0 saturated carbocycles. The zero-order chi connectivity index (χ0) is 10.8. The van der Waals surface area contributed by atoms with Crippen molar-refractivity contribution in [3.8, 4) is 11.4 Å². The van der Waals surface area contributed by atoms with Crippen LogP contribution in [0.3, 0.4) is 0 Å². The molecular weight excluding hydrogens is 218 g/mol. The van der Waals surface area contributed by atoms with Gasteiger partial charge < -0.3 is 4.98 Å². The van der Waals surface area contributed by atoms with E-state index in [1.54, 1.807) is 6.20 Å². The van der Waals surface area contributed by atoms with Crippen LogP contribution in [0.5, 0.6) is 0 Å². The van der Waals surface area contributed by atoms with Crippen LogP contribution in [0.15, 0.2) is 41.7 Å². The summed E-state index contributed by atoms with van der Waals surface area (Å²) in [5.74, 6) is 2.02. The van der Waals surface area contributed by atoms with Crippen LogP contribution < -0.4 is 0 Å². The maximum absolute atomic E-state index is 4.45. The zero-order valence-electron chi connectivity index (χ0n) is 8.68. The second-order valence-electron chi connectivity index (χ2n) is 3.55. The lowest BCUT2D eigenvalue weighted by atomic mass is 10.1. The van der Waals surface area contributed by atoms with Gasteiger partial charge in [-0.15, -0.1) is 11.8 Å². The van der Waals surface area contributed by atoms with E-state index in [-0.39, 0.29) is 0 Å². The number of aliphatic imine (C=N–C) groups is 1. The van der Waals surface area contributed by atoms with E-state index < -0.39 is 0 Å². The molecular formula is C12H11N3S. The summed E-state index contributed by atoms with van der Waals surface area (Å²) in [6, 6.07) is 8.37. The van der Waals surface area contributed by atoms with Crippen molar-refractivity contribution < 1.29 is 0 Å². The Labute approximate surface area is 98.0 Å². The number of aromatic nitrogens is 2. The number of hydrogen-bond donors (Lipinski definition) is 1. The highest BCUT2D eigenvalue weighted by Crippen LogP contribution is 2.21. The Morgan fingerprint density at radius 2 is 1.94 bits per heavy atom. The molecule has 1 aromatic heterocycles. The van der Waals surface area contributed by atoms with Gasteiger partial charge in [0, 0.05) is 35.8 Å². The molecule has 0 aliphatic carbocycles. The molecule has 0 unspecified atom stereocenters. The molecule has 1 aliphatic heterocycles. The highest BCUT2D eigenvalue weighted by molar-refractivity contribution is 8.14. The Morgan fingerprint density at radius 3 is 2.56 bits per heavy atom. The van der Waals surface area contributed by atoms with Gasteiger partial charge in [0.15, 0.2) is 0 Å². The van der Waals surface area contributed by atoms with Crippen LogP contribution in [0, 0.1) is 0 Å². The third-order valence-corrected chi connectivity index (χ3v) is 3.51.